The fraction of sp³-hybridized carbons (Fsp3) is 0.647. The van der Waals surface area contributed by atoms with E-state index in [9.17, 15) is 0 Å². The van der Waals surface area contributed by atoms with Crippen molar-refractivity contribution in [2.45, 2.75) is 52.0 Å². The van der Waals surface area contributed by atoms with Gasteiger partial charge in [0.1, 0.15) is 0 Å². The van der Waals surface area contributed by atoms with E-state index in [0.717, 1.165) is 13.2 Å². The summed E-state index contributed by atoms with van der Waals surface area (Å²) in [6.45, 7) is 6.34. The third-order valence-corrected chi connectivity index (χ3v) is 4.09. The van der Waals surface area contributed by atoms with E-state index in [1.807, 2.05) is 0 Å². The summed E-state index contributed by atoms with van der Waals surface area (Å²) >= 11 is 0. The molecule has 1 fully saturated rings. The predicted molar refractivity (Wildman–Crippen MR) is 81.7 cm³/mol. The van der Waals surface area contributed by atoms with Crippen LogP contribution in [0.2, 0.25) is 0 Å². The maximum absolute atomic E-state index is 5.45. The van der Waals surface area contributed by atoms with Gasteiger partial charge in [-0.3, -0.25) is 0 Å². The summed E-state index contributed by atoms with van der Waals surface area (Å²) in [7, 11) is 0. The fourth-order valence-corrected chi connectivity index (χ4v) is 2.67. The van der Waals surface area contributed by atoms with Crippen molar-refractivity contribution in [3.05, 3.63) is 29.8 Å². The van der Waals surface area contributed by atoms with Gasteiger partial charge < -0.3 is 10.1 Å². The number of unbranched alkanes of at least 4 members (excludes halogenated alkanes) is 2. The smallest absolute Gasteiger partial charge is 0.0514 e. The normalized spacial score (nSPS) is 20.4. The van der Waals surface area contributed by atoms with Gasteiger partial charge in [-0.1, -0.05) is 31.9 Å². The third-order valence-electron chi connectivity index (χ3n) is 4.09. The van der Waals surface area contributed by atoms with Crippen LogP contribution in [0.1, 0.15) is 45.1 Å². The van der Waals surface area contributed by atoms with Gasteiger partial charge in [0.15, 0.2) is 0 Å². The van der Waals surface area contributed by atoms with Gasteiger partial charge in [-0.15, -0.1) is 0 Å². The molecule has 0 spiro atoms. The summed E-state index contributed by atoms with van der Waals surface area (Å²) in [6, 6.07) is 9.45. The zero-order valence-corrected chi connectivity index (χ0v) is 12.3. The Morgan fingerprint density at radius 3 is 2.68 bits per heavy atom. The Morgan fingerprint density at radius 1 is 1.26 bits per heavy atom. The largest absolute Gasteiger partial charge is 0.382 e. The number of benzene rings is 1. The summed E-state index contributed by atoms with van der Waals surface area (Å²) in [4.78, 5) is 0. The van der Waals surface area contributed by atoms with Crippen LogP contribution in [0.3, 0.4) is 0 Å². The molecule has 1 aliphatic heterocycles. The standard InChI is InChI=1S/C17H27NO/c1-3-4-5-6-15-7-9-17(10-8-15)18-14(2)16-11-12-19-13-16/h7-10,14,16,18H,3-6,11-13H2,1-2H3. The SMILES string of the molecule is CCCCCc1ccc(NC(C)C2CCOC2)cc1. The Balaban J connectivity index is 1.80. The first-order valence-electron chi connectivity index (χ1n) is 7.73. The second-order valence-corrected chi connectivity index (χ2v) is 5.71. The monoisotopic (exact) mass is 261 g/mol. The summed E-state index contributed by atoms with van der Waals surface area (Å²) in [6.07, 6.45) is 6.32. The lowest BCUT2D eigenvalue weighted by Gasteiger charge is -2.20. The van der Waals surface area contributed by atoms with Crippen LogP contribution < -0.4 is 5.32 Å². The predicted octanol–water partition coefficient (Wildman–Crippen LogP) is 4.26. The lowest BCUT2D eigenvalue weighted by atomic mass is 10.0. The molecule has 1 aromatic rings. The summed E-state index contributed by atoms with van der Waals surface area (Å²) in [5, 5.41) is 3.60. The average Bonchev–Trinajstić information content (AvgIpc) is 2.95. The van der Waals surface area contributed by atoms with E-state index in [2.05, 4.69) is 43.4 Å². The van der Waals surface area contributed by atoms with Crippen LogP contribution >= 0.6 is 0 Å². The topological polar surface area (TPSA) is 21.3 Å². The van der Waals surface area contributed by atoms with Crippen molar-refractivity contribution in [3.63, 3.8) is 0 Å². The molecule has 1 N–H and O–H groups in total. The highest BCUT2D eigenvalue weighted by atomic mass is 16.5. The van der Waals surface area contributed by atoms with E-state index >= 15 is 0 Å². The summed E-state index contributed by atoms with van der Waals surface area (Å²) < 4.78 is 5.45. The Bertz CT molecular complexity index is 354. The van der Waals surface area contributed by atoms with Crippen molar-refractivity contribution in [1.82, 2.24) is 0 Å². The maximum atomic E-state index is 5.45. The van der Waals surface area contributed by atoms with Crippen LogP contribution in [0.25, 0.3) is 0 Å². The Kier molecular flexibility index (Phi) is 5.71. The highest BCUT2D eigenvalue weighted by Crippen LogP contribution is 2.20. The van der Waals surface area contributed by atoms with Crippen molar-refractivity contribution in [2.75, 3.05) is 18.5 Å². The van der Waals surface area contributed by atoms with Gasteiger partial charge >= 0.3 is 0 Å². The van der Waals surface area contributed by atoms with E-state index in [4.69, 9.17) is 4.74 Å². The molecule has 1 saturated heterocycles. The molecule has 0 radical (unpaired) electrons. The first-order valence-corrected chi connectivity index (χ1v) is 7.73. The average molecular weight is 261 g/mol. The van der Waals surface area contributed by atoms with Gasteiger partial charge in [-0.05, 0) is 43.9 Å². The molecule has 2 nitrogen and oxygen atoms in total. The second-order valence-electron chi connectivity index (χ2n) is 5.71. The zero-order valence-electron chi connectivity index (χ0n) is 12.3. The van der Waals surface area contributed by atoms with E-state index in [1.165, 1.54) is 43.4 Å². The number of hydrogen-bond donors (Lipinski definition) is 1. The van der Waals surface area contributed by atoms with Crippen LogP contribution in [-0.4, -0.2) is 19.3 Å². The number of rotatable bonds is 7. The fourth-order valence-electron chi connectivity index (χ4n) is 2.67. The minimum absolute atomic E-state index is 0.494. The minimum Gasteiger partial charge on any atom is -0.382 e. The molecule has 0 bridgehead atoms. The number of ether oxygens (including phenoxy) is 1. The number of hydrogen-bond acceptors (Lipinski definition) is 2. The van der Waals surface area contributed by atoms with Crippen molar-refractivity contribution >= 4 is 5.69 Å². The molecular weight excluding hydrogens is 234 g/mol. The van der Waals surface area contributed by atoms with Gasteiger partial charge in [-0.25, -0.2) is 0 Å². The molecule has 1 heterocycles. The molecule has 1 aliphatic rings. The molecule has 106 valence electrons. The molecule has 0 amide bonds. The summed E-state index contributed by atoms with van der Waals surface area (Å²) in [5.74, 6) is 0.657. The quantitative estimate of drug-likeness (QED) is 0.741. The van der Waals surface area contributed by atoms with Gasteiger partial charge in [0.2, 0.25) is 0 Å². The van der Waals surface area contributed by atoms with Crippen molar-refractivity contribution < 1.29 is 4.74 Å². The van der Waals surface area contributed by atoms with E-state index in [0.29, 0.717) is 12.0 Å². The van der Waals surface area contributed by atoms with Crippen LogP contribution in [0.15, 0.2) is 24.3 Å². The lowest BCUT2D eigenvalue weighted by Crippen LogP contribution is -2.26. The molecule has 0 aliphatic carbocycles. The Labute approximate surface area is 117 Å². The molecule has 2 heteroatoms. The molecule has 1 aromatic carbocycles. The van der Waals surface area contributed by atoms with Crippen LogP contribution in [0.4, 0.5) is 5.69 Å². The maximum Gasteiger partial charge on any atom is 0.0514 e. The molecular formula is C17H27NO. The Hall–Kier alpha value is -1.02. The molecule has 0 saturated carbocycles. The first kappa shape index (κ1) is 14.4. The van der Waals surface area contributed by atoms with Crippen molar-refractivity contribution in [3.8, 4) is 0 Å². The molecule has 2 rings (SSSR count). The van der Waals surface area contributed by atoms with Gasteiger partial charge in [0.05, 0.1) is 6.61 Å². The van der Waals surface area contributed by atoms with Crippen molar-refractivity contribution in [1.29, 1.82) is 0 Å². The highest BCUT2D eigenvalue weighted by molar-refractivity contribution is 5.45. The van der Waals surface area contributed by atoms with Gasteiger partial charge in [0.25, 0.3) is 0 Å². The van der Waals surface area contributed by atoms with Crippen LogP contribution in [0, 0.1) is 5.92 Å². The molecule has 19 heavy (non-hydrogen) atoms. The number of anilines is 1. The van der Waals surface area contributed by atoms with Gasteiger partial charge in [-0.2, -0.15) is 0 Å². The zero-order chi connectivity index (χ0) is 13.5. The number of nitrogens with one attached hydrogen (secondary N) is 1. The van der Waals surface area contributed by atoms with Crippen LogP contribution in [0.5, 0.6) is 0 Å². The lowest BCUT2D eigenvalue weighted by molar-refractivity contribution is 0.183. The Morgan fingerprint density at radius 2 is 2.05 bits per heavy atom. The molecule has 0 aromatic heterocycles. The second kappa shape index (κ2) is 7.54. The van der Waals surface area contributed by atoms with E-state index in [-0.39, 0.29) is 0 Å². The summed E-state index contributed by atoms with van der Waals surface area (Å²) in [5.41, 5.74) is 2.69. The van der Waals surface area contributed by atoms with E-state index < -0.39 is 0 Å². The van der Waals surface area contributed by atoms with Gasteiger partial charge in [0, 0.05) is 24.3 Å². The molecule has 2 unspecified atom stereocenters. The third kappa shape index (κ3) is 4.54. The first-order chi connectivity index (χ1) is 9.29. The van der Waals surface area contributed by atoms with Crippen molar-refractivity contribution in [2.24, 2.45) is 5.92 Å². The van der Waals surface area contributed by atoms with Crippen LogP contribution in [-0.2, 0) is 11.2 Å². The molecule has 2 atom stereocenters. The van der Waals surface area contributed by atoms with E-state index in [1.54, 1.807) is 0 Å². The highest BCUT2D eigenvalue weighted by Gasteiger charge is 2.21. The minimum atomic E-state index is 0.494. The number of aryl methyl sites for hydroxylation is 1.